The van der Waals surface area contributed by atoms with Crippen molar-refractivity contribution >= 4 is 5.91 Å². The zero-order valence-corrected chi connectivity index (χ0v) is 16.4. The number of rotatable bonds is 10. The molecule has 0 aliphatic carbocycles. The highest BCUT2D eigenvalue weighted by atomic mass is 19.1. The number of carbonyl (C=O) groups is 1. The van der Waals surface area contributed by atoms with Gasteiger partial charge in [0.2, 0.25) is 5.91 Å². The molecule has 27 heavy (non-hydrogen) atoms. The second kappa shape index (κ2) is 10.7. The van der Waals surface area contributed by atoms with Gasteiger partial charge in [-0.05, 0) is 48.8 Å². The van der Waals surface area contributed by atoms with Gasteiger partial charge in [-0.25, -0.2) is 4.39 Å². The van der Waals surface area contributed by atoms with Gasteiger partial charge < -0.3 is 10.1 Å². The van der Waals surface area contributed by atoms with E-state index in [1.807, 2.05) is 18.2 Å². The predicted molar refractivity (Wildman–Crippen MR) is 106 cm³/mol. The van der Waals surface area contributed by atoms with Crippen molar-refractivity contribution in [2.75, 3.05) is 26.7 Å². The summed E-state index contributed by atoms with van der Waals surface area (Å²) < 4.78 is 19.0. The summed E-state index contributed by atoms with van der Waals surface area (Å²) in [6, 6.07) is 14.6. The van der Waals surface area contributed by atoms with Gasteiger partial charge in [0.25, 0.3) is 0 Å². The molecular formula is C22H29FN2O2. The summed E-state index contributed by atoms with van der Waals surface area (Å²) in [5, 5.41) is 3.01. The molecule has 0 aliphatic heterocycles. The molecule has 2 aromatic rings. The fraction of sp³-hybridized carbons (Fsp3) is 0.409. The number of nitrogens with zero attached hydrogens (tertiary/aromatic N) is 1. The molecule has 5 heteroatoms. The molecule has 0 radical (unpaired) electrons. The number of likely N-dealkylation sites (N-methyl/N-ethyl adjacent to an activating group) is 1. The van der Waals surface area contributed by atoms with E-state index in [4.69, 9.17) is 4.74 Å². The van der Waals surface area contributed by atoms with Crippen LogP contribution in [0.4, 0.5) is 4.39 Å². The van der Waals surface area contributed by atoms with Gasteiger partial charge in [0, 0.05) is 13.0 Å². The summed E-state index contributed by atoms with van der Waals surface area (Å²) in [6.45, 7) is 6.48. The van der Waals surface area contributed by atoms with Crippen molar-refractivity contribution in [3.8, 4) is 5.75 Å². The summed E-state index contributed by atoms with van der Waals surface area (Å²) in [7, 11) is 1.65. The number of benzene rings is 2. The van der Waals surface area contributed by atoms with Gasteiger partial charge in [-0.3, -0.25) is 9.69 Å². The largest absolute Gasteiger partial charge is 0.497 e. The first-order valence-electron chi connectivity index (χ1n) is 9.47. The number of hydrogen-bond donors (Lipinski definition) is 1. The minimum atomic E-state index is -0.261. The molecule has 0 spiro atoms. The minimum absolute atomic E-state index is 0.0625. The van der Waals surface area contributed by atoms with E-state index in [0.29, 0.717) is 18.5 Å². The first-order valence-corrected chi connectivity index (χ1v) is 9.47. The Hall–Kier alpha value is -2.40. The fourth-order valence-electron chi connectivity index (χ4n) is 3.22. The van der Waals surface area contributed by atoms with Crippen LogP contribution in [-0.2, 0) is 11.2 Å². The second-order valence-corrected chi connectivity index (χ2v) is 6.41. The number of hydrogen-bond acceptors (Lipinski definition) is 3. The third-order valence-corrected chi connectivity index (χ3v) is 4.80. The van der Waals surface area contributed by atoms with Crippen LogP contribution in [0.25, 0.3) is 0 Å². The first kappa shape index (κ1) is 20.9. The molecule has 0 saturated heterocycles. The number of carbonyl (C=O) groups excluding carboxylic acids is 1. The van der Waals surface area contributed by atoms with Crippen molar-refractivity contribution in [1.82, 2.24) is 10.2 Å². The molecule has 2 aromatic carbocycles. The van der Waals surface area contributed by atoms with Gasteiger partial charge in [0.1, 0.15) is 11.6 Å². The molecule has 0 aliphatic rings. The number of methoxy groups -OCH3 is 1. The Bertz CT molecular complexity index is 732. The molecule has 0 saturated carbocycles. The van der Waals surface area contributed by atoms with Gasteiger partial charge in [-0.2, -0.15) is 0 Å². The number of amides is 1. The average molecular weight is 372 g/mol. The zero-order chi connectivity index (χ0) is 19.6. The number of nitrogens with one attached hydrogen (secondary N) is 1. The van der Waals surface area contributed by atoms with E-state index in [9.17, 15) is 9.18 Å². The summed E-state index contributed by atoms with van der Waals surface area (Å²) in [4.78, 5) is 14.6. The smallest absolute Gasteiger partial charge is 0.220 e. The maximum absolute atomic E-state index is 13.7. The predicted octanol–water partition coefficient (Wildman–Crippen LogP) is 3.97. The maximum Gasteiger partial charge on any atom is 0.220 e. The van der Waals surface area contributed by atoms with Crippen molar-refractivity contribution in [3.63, 3.8) is 0 Å². The first-order chi connectivity index (χ1) is 13.1. The van der Waals surface area contributed by atoms with Crippen molar-refractivity contribution in [2.45, 2.75) is 32.7 Å². The van der Waals surface area contributed by atoms with E-state index in [0.717, 1.165) is 24.4 Å². The molecule has 0 fully saturated rings. The second-order valence-electron chi connectivity index (χ2n) is 6.41. The minimum Gasteiger partial charge on any atom is -0.497 e. The quantitative estimate of drug-likeness (QED) is 0.686. The highest BCUT2D eigenvalue weighted by Crippen LogP contribution is 2.24. The van der Waals surface area contributed by atoms with Crippen LogP contribution in [0.2, 0.25) is 0 Å². The maximum atomic E-state index is 13.7. The number of ether oxygens (including phenoxy) is 1. The van der Waals surface area contributed by atoms with E-state index in [1.165, 1.54) is 6.07 Å². The molecule has 0 bridgehead atoms. The zero-order valence-electron chi connectivity index (χ0n) is 16.4. The van der Waals surface area contributed by atoms with Gasteiger partial charge >= 0.3 is 0 Å². The molecule has 1 atom stereocenters. The lowest BCUT2D eigenvalue weighted by Crippen LogP contribution is -2.38. The Morgan fingerprint density at radius 1 is 1.15 bits per heavy atom. The van der Waals surface area contributed by atoms with Gasteiger partial charge in [0.05, 0.1) is 13.2 Å². The van der Waals surface area contributed by atoms with Crippen LogP contribution in [0.1, 0.15) is 37.4 Å². The molecule has 1 amide bonds. The molecule has 0 heterocycles. The summed E-state index contributed by atoms with van der Waals surface area (Å²) in [5.74, 6) is 0.469. The summed E-state index contributed by atoms with van der Waals surface area (Å²) in [5.41, 5.74) is 1.67. The molecular weight excluding hydrogens is 343 g/mol. The normalized spacial score (nSPS) is 12.0. The SMILES string of the molecule is CCN(CC)C(CNC(=O)CCc1ccccc1F)c1cccc(OC)c1. The molecule has 146 valence electrons. The summed E-state index contributed by atoms with van der Waals surface area (Å²) >= 11 is 0. The summed E-state index contributed by atoms with van der Waals surface area (Å²) in [6.07, 6.45) is 0.664. The van der Waals surface area contributed by atoms with Gasteiger partial charge in [0.15, 0.2) is 0 Å². The van der Waals surface area contributed by atoms with Gasteiger partial charge in [-0.1, -0.05) is 44.2 Å². The average Bonchev–Trinajstić information content (AvgIpc) is 2.70. The fourth-order valence-corrected chi connectivity index (χ4v) is 3.22. The number of aryl methyl sites for hydroxylation is 1. The van der Waals surface area contributed by atoms with Crippen LogP contribution >= 0.6 is 0 Å². The van der Waals surface area contributed by atoms with Crippen LogP contribution in [0.5, 0.6) is 5.75 Å². The van der Waals surface area contributed by atoms with E-state index < -0.39 is 0 Å². The highest BCUT2D eigenvalue weighted by Gasteiger charge is 2.19. The van der Waals surface area contributed by atoms with Crippen molar-refractivity contribution < 1.29 is 13.9 Å². The Kier molecular flexibility index (Phi) is 8.27. The third kappa shape index (κ3) is 6.07. The Balaban J connectivity index is 2.00. The monoisotopic (exact) mass is 372 g/mol. The van der Waals surface area contributed by atoms with Crippen molar-refractivity contribution in [3.05, 3.63) is 65.5 Å². The lowest BCUT2D eigenvalue weighted by molar-refractivity contribution is -0.121. The van der Waals surface area contributed by atoms with Crippen molar-refractivity contribution in [1.29, 1.82) is 0 Å². The number of halogens is 1. The van der Waals surface area contributed by atoms with Crippen LogP contribution in [0, 0.1) is 5.82 Å². The van der Waals surface area contributed by atoms with Crippen LogP contribution in [0.3, 0.4) is 0 Å². The van der Waals surface area contributed by atoms with Crippen molar-refractivity contribution in [2.24, 2.45) is 0 Å². The van der Waals surface area contributed by atoms with E-state index in [1.54, 1.807) is 25.3 Å². The van der Waals surface area contributed by atoms with E-state index in [-0.39, 0.29) is 24.2 Å². The molecule has 2 rings (SSSR count). The van der Waals surface area contributed by atoms with Crippen LogP contribution in [0.15, 0.2) is 48.5 Å². The lowest BCUT2D eigenvalue weighted by Gasteiger charge is -2.30. The van der Waals surface area contributed by atoms with E-state index >= 15 is 0 Å². The standard InChI is InChI=1S/C22H29FN2O2/c1-4-25(5-2)21(18-10-8-11-19(15-18)27-3)16-24-22(26)14-13-17-9-6-7-12-20(17)23/h6-12,15,21H,4-5,13-14,16H2,1-3H3,(H,24,26). The Morgan fingerprint density at radius 2 is 1.89 bits per heavy atom. The molecule has 0 aromatic heterocycles. The Labute approximate surface area is 161 Å². The molecule has 1 N–H and O–H groups in total. The van der Waals surface area contributed by atoms with Crippen LogP contribution in [-0.4, -0.2) is 37.6 Å². The lowest BCUT2D eigenvalue weighted by atomic mass is 10.0. The van der Waals surface area contributed by atoms with Crippen LogP contribution < -0.4 is 10.1 Å². The Morgan fingerprint density at radius 3 is 2.56 bits per heavy atom. The highest BCUT2D eigenvalue weighted by molar-refractivity contribution is 5.76. The topological polar surface area (TPSA) is 41.6 Å². The van der Waals surface area contributed by atoms with E-state index in [2.05, 4.69) is 30.1 Å². The molecule has 1 unspecified atom stereocenters. The van der Waals surface area contributed by atoms with Gasteiger partial charge in [-0.15, -0.1) is 0 Å². The third-order valence-electron chi connectivity index (χ3n) is 4.80. The molecule has 4 nitrogen and oxygen atoms in total.